The first-order valence-electron chi connectivity index (χ1n) is 7.75. The van der Waals surface area contributed by atoms with Gasteiger partial charge >= 0.3 is 0 Å². The van der Waals surface area contributed by atoms with Crippen molar-refractivity contribution in [2.45, 2.75) is 13.2 Å². The lowest BCUT2D eigenvalue weighted by Gasteiger charge is -2.11. The monoisotopic (exact) mass is 404 g/mol. The first kappa shape index (κ1) is 19.4. The van der Waals surface area contributed by atoms with Crippen LogP contribution in [0.4, 0.5) is 0 Å². The normalized spacial score (nSPS) is 11.0. The van der Waals surface area contributed by atoms with Crippen LogP contribution in [-0.4, -0.2) is 27.1 Å². The second-order valence-electron chi connectivity index (χ2n) is 5.42. The van der Waals surface area contributed by atoms with Crippen LogP contribution >= 0.6 is 15.9 Å². The average Bonchev–Trinajstić information content (AvgIpc) is 2.62. The van der Waals surface area contributed by atoms with E-state index < -0.39 is 0 Å². The number of hydrogen-bond donors (Lipinski definition) is 0. The Balaban J connectivity index is 2.35. The molecule has 0 saturated carbocycles. The fourth-order valence-electron chi connectivity index (χ4n) is 2.50. The molecule has 0 fully saturated rings. The van der Waals surface area contributed by atoms with Crippen LogP contribution in [0.3, 0.4) is 0 Å². The highest BCUT2D eigenvalue weighted by molar-refractivity contribution is 9.10. The summed E-state index contributed by atoms with van der Waals surface area (Å²) in [5.41, 5.74) is 3.25. The number of para-hydroxylation sites is 1. The molecule has 0 atom stereocenters. The quantitative estimate of drug-likeness (QED) is 0.474. The molecule has 5 heteroatoms. The molecule has 0 aliphatic carbocycles. The van der Waals surface area contributed by atoms with Crippen LogP contribution in [0, 0.1) is 0 Å². The molecule has 0 bridgehead atoms. The van der Waals surface area contributed by atoms with Crippen LogP contribution in [0.2, 0.25) is 0 Å². The predicted octanol–water partition coefficient (Wildman–Crippen LogP) is 4.65. The first-order valence-corrected chi connectivity index (χ1v) is 8.54. The van der Waals surface area contributed by atoms with Gasteiger partial charge in [0.25, 0.3) is 0 Å². The minimum absolute atomic E-state index is 0.104. The van der Waals surface area contributed by atoms with Crippen molar-refractivity contribution in [3.8, 4) is 5.75 Å². The Bertz CT molecular complexity index is 768. The maximum atomic E-state index is 12.7. The number of carbonyl (C=O) groups excluding carboxylic acids is 1. The highest BCUT2D eigenvalue weighted by atomic mass is 79.9. The third kappa shape index (κ3) is 5.01. The molecule has 0 aromatic heterocycles. The van der Waals surface area contributed by atoms with E-state index in [1.807, 2.05) is 36.4 Å². The number of allylic oxidation sites excluding steroid dienone is 1. The van der Waals surface area contributed by atoms with E-state index in [0.29, 0.717) is 18.8 Å². The maximum absolute atomic E-state index is 12.7. The Kier molecular flexibility index (Phi) is 7.37. The molecule has 0 aliphatic heterocycles. The number of hydrogen-bond acceptors (Lipinski definition) is 4. The second kappa shape index (κ2) is 9.51. The maximum Gasteiger partial charge on any atom is 0.187 e. The first-order chi connectivity index (χ1) is 12.1. The van der Waals surface area contributed by atoms with Gasteiger partial charge in [0.15, 0.2) is 5.78 Å². The van der Waals surface area contributed by atoms with Crippen molar-refractivity contribution >= 4 is 27.8 Å². The van der Waals surface area contributed by atoms with Gasteiger partial charge in [-0.05, 0) is 57.4 Å². The fraction of sp³-hybridized carbons (Fsp3) is 0.250. The van der Waals surface area contributed by atoms with Crippen molar-refractivity contribution in [1.82, 2.24) is 0 Å². The second-order valence-corrected chi connectivity index (χ2v) is 6.22. The molecule has 0 spiro atoms. The summed E-state index contributed by atoms with van der Waals surface area (Å²) in [6.07, 6.45) is 3.30. The highest BCUT2D eigenvalue weighted by Gasteiger charge is 2.14. The number of benzene rings is 2. The molecule has 25 heavy (non-hydrogen) atoms. The molecule has 2 aromatic rings. The lowest BCUT2D eigenvalue weighted by atomic mass is 10.0. The van der Waals surface area contributed by atoms with Crippen molar-refractivity contribution in [2.24, 2.45) is 0 Å². The van der Waals surface area contributed by atoms with E-state index in [4.69, 9.17) is 14.2 Å². The molecule has 0 radical (unpaired) electrons. The lowest BCUT2D eigenvalue weighted by molar-refractivity contribution is 0.104. The number of halogens is 1. The van der Waals surface area contributed by atoms with Gasteiger partial charge in [-0.1, -0.05) is 18.2 Å². The van der Waals surface area contributed by atoms with Crippen molar-refractivity contribution in [3.63, 3.8) is 0 Å². The van der Waals surface area contributed by atoms with Crippen LogP contribution in [0.1, 0.15) is 27.0 Å². The van der Waals surface area contributed by atoms with Gasteiger partial charge in [-0.15, -0.1) is 0 Å². The molecule has 0 aliphatic rings. The molecule has 2 rings (SSSR count). The Morgan fingerprint density at radius 3 is 2.48 bits per heavy atom. The zero-order chi connectivity index (χ0) is 18.2. The van der Waals surface area contributed by atoms with Crippen LogP contribution in [0.25, 0.3) is 6.08 Å². The molecular formula is C20H21BrO4. The SMILES string of the molecule is COCc1cc(COC)c(Br)c(C(=O)/C=C/c2ccccc2OC)c1. The van der Waals surface area contributed by atoms with Crippen molar-refractivity contribution in [2.75, 3.05) is 21.3 Å². The summed E-state index contributed by atoms with van der Waals surface area (Å²) in [6.45, 7) is 0.842. The number of ketones is 1. The number of carbonyl (C=O) groups is 1. The highest BCUT2D eigenvalue weighted by Crippen LogP contribution is 2.27. The topological polar surface area (TPSA) is 44.8 Å². The number of ether oxygens (including phenoxy) is 3. The van der Waals surface area contributed by atoms with Gasteiger partial charge in [0.05, 0.1) is 20.3 Å². The van der Waals surface area contributed by atoms with E-state index in [1.54, 1.807) is 33.5 Å². The molecule has 0 amide bonds. The van der Waals surface area contributed by atoms with Gasteiger partial charge in [-0.3, -0.25) is 4.79 Å². The van der Waals surface area contributed by atoms with Crippen LogP contribution in [0.15, 0.2) is 46.9 Å². The van der Waals surface area contributed by atoms with E-state index in [-0.39, 0.29) is 5.78 Å². The van der Waals surface area contributed by atoms with Crippen LogP contribution in [-0.2, 0) is 22.7 Å². The minimum Gasteiger partial charge on any atom is -0.496 e. The number of methoxy groups -OCH3 is 3. The predicted molar refractivity (Wildman–Crippen MR) is 102 cm³/mol. The van der Waals surface area contributed by atoms with Crippen molar-refractivity contribution in [3.05, 3.63) is 69.2 Å². The Morgan fingerprint density at radius 2 is 1.80 bits per heavy atom. The molecule has 0 N–H and O–H groups in total. The average molecular weight is 405 g/mol. The summed E-state index contributed by atoms with van der Waals surface area (Å²) < 4.78 is 16.5. The van der Waals surface area contributed by atoms with Gasteiger partial charge in [0, 0.05) is 29.8 Å². The molecule has 132 valence electrons. The zero-order valence-corrected chi connectivity index (χ0v) is 16.1. The third-order valence-electron chi connectivity index (χ3n) is 3.64. The summed E-state index contributed by atoms with van der Waals surface area (Å²) in [5, 5.41) is 0. The number of rotatable bonds is 8. The van der Waals surface area contributed by atoms with E-state index in [1.165, 1.54) is 0 Å². The van der Waals surface area contributed by atoms with Crippen molar-refractivity contribution in [1.29, 1.82) is 0 Å². The van der Waals surface area contributed by atoms with Gasteiger partial charge in [0.2, 0.25) is 0 Å². The molecule has 0 heterocycles. The molecule has 2 aromatic carbocycles. The fourth-order valence-corrected chi connectivity index (χ4v) is 3.04. The summed E-state index contributed by atoms with van der Waals surface area (Å²) in [4.78, 5) is 12.7. The van der Waals surface area contributed by atoms with Gasteiger partial charge in [0.1, 0.15) is 5.75 Å². The molecule has 0 saturated heterocycles. The van der Waals surface area contributed by atoms with Crippen molar-refractivity contribution < 1.29 is 19.0 Å². The minimum atomic E-state index is -0.104. The summed E-state index contributed by atoms with van der Waals surface area (Å²) in [7, 11) is 4.86. The molecule has 4 nitrogen and oxygen atoms in total. The Morgan fingerprint density at radius 1 is 1.08 bits per heavy atom. The van der Waals surface area contributed by atoms with E-state index >= 15 is 0 Å². The lowest BCUT2D eigenvalue weighted by Crippen LogP contribution is -2.03. The summed E-state index contributed by atoms with van der Waals surface area (Å²) >= 11 is 3.52. The smallest absolute Gasteiger partial charge is 0.187 e. The van der Waals surface area contributed by atoms with Crippen LogP contribution < -0.4 is 4.74 Å². The Labute approximate surface area is 156 Å². The summed E-state index contributed by atoms with van der Waals surface area (Å²) in [6, 6.07) is 11.4. The zero-order valence-electron chi connectivity index (χ0n) is 14.5. The van der Waals surface area contributed by atoms with E-state index in [2.05, 4.69) is 15.9 Å². The van der Waals surface area contributed by atoms with E-state index in [9.17, 15) is 4.79 Å². The largest absolute Gasteiger partial charge is 0.496 e. The summed E-state index contributed by atoms with van der Waals surface area (Å²) in [5.74, 6) is 0.618. The van der Waals surface area contributed by atoms with E-state index in [0.717, 1.165) is 26.9 Å². The Hall–Kier alpha value is -1.95. The van der Waals surface area contributed by atoms with Gasteiger partial charge in [-0.25, -0.2) is 0 Å². The molecule has 0 unspecified atom stereocenters. The third-order valence-corrected chi connectivity index (χ3v) is 4.57. The standard InChI is InChI=1S/C20H21BrO4/c1-23-12-14-10-16(13-24-2)20(21)17(11-14)18(22)9-8-15-6-4-5-7-19(15)25-3/h4-11H,12-13H2,1-3H3/b9-8+. The van der Waals surface area contributed by atoms with Gasteiger partial charge < -0.3 is 14.2 Å². The van der Waals surface area contributed by atoms with Crippen LogP contribution in [0.5, 0.6) is 5.75 Å². The van der Waals surface area contributed by atoms with Gasteiger partial charge in [-0.2, -0.15) is 0 Å². The molecular weight excluding hydrogens is 384 g/mol.